The van der Waals surface area contributed by atoms with Crippen LogP contribution in [0.5, 0.6) is 0 Å². The Balaban J connectivity index is 2.30. The van der Waals surface area contributed by atoms with Gasteiger partial charge in [-0.1, -0.05) is 0 Å². The zero-order valence-corrected chi connectivity index (χ0v) is 7.02. The van der Waals surface area contributed by atoms with Gasteiger partial charge in [-0.15, -0.1) is 23.2 Å². The van der Waals surface area contributed by atoms with Gasteiger partial charge in [0.05, 0.1) is 5.92 Å². The minimum Gasteiger partial charge on any atom is -0.450 e. The van der Waals surface area contributed by atoms with Crippen molar-refractivity contribution in [2.75, 3.05) is 6.61 Å². The number of carbonyl (C=O) groups excluding carboxylic acids is 1. The monoisotopic (exact) mass is 193 g/mol. The minimum absolute atomic E-state index is 0.237. The van der Waals surface area contributed by atoms with E-state index in [1.54, 1.807) is 6.07 Å². The van der Waals surface area contributed by atoms with Gasteiger partial charge in [-0.25, -0.2) is 0 Å². The third-order valence-electron chi connectivity index (χ3n) is 1.39. The molecule has 0 aromatic heterocycles. The number of esters is 1. The Labute approximate surface area is 73.8 Å². The fourth-order valence-electron chi connectivity index (χ4n) is 0.673. The van der Waals surface area contributed by atoms with Gasteiger partial charge in [-0.3, -0.25) is 4.79 Å². The molecule has 5 heteroatoms. The van der Waals surface area contributed by atoms with Crippen molar-refractivity contribution < 1.29 is 9.53 Å². The van der Waals surface area contributed by atoms with E-state index in [0.29, 0.717) is 6.42 Å². The Hall–Kier alpha value is -0.460. The van der Waals surface area contributed by atoms with E-state index in [-0.39, 0.29) is 6.61 Å². The van der Waals surface area contributed by atoms with Crippen LogP contribution >= 0.6 is 23.2 Å². The maximum Gasteiger partial charge on any atom is 0.313 e. The molecule has 60 valence electrons. The Kier molecular flexibility index (Phi) is 2.26. The fraction of sp³-hybridized carbons (Fsp3) is 0.667. The van der Waals surface area contributed by atoms with Gasteiger partial charge in [0, 0.05) is 0 Å². The molecule has 1 saturated carbocycles. The van der Waals surface area contributed by atoms with Crippen LogP contribution in [0.15, 0.2) is 0 Å². The van der Waals surface area contributed by atoms with Crippen LogP contribution in [0.2, 0.25) is 0 Å². The van der Waals surface area contributed by atoms with Crippen LogP contribution in [0.1, 0.15) is 6.42 Å². The van der Waals surface area contributed by atoms with Crippen LogP contribution in [0.25, 0.3) is 0 Å². The lowest BCUT2D eigenvalue weighted by atomic mass is 10.4. The van der Waals surface area contributed by atoms with Gasteiger partial charge in [0.2, 0.25) is 0 Å². The molecule has 0 amide bonds. The maximum absolute atomic E-state index is 10.8. The molecule has 0 radical (unpaired) electrons. The molecule has 1 atom stereocenters. The molecule has 11 heavy (non-hydrogen) atoms. The van der Waals surface area contributed by atoms with Gasteiger partial charge in [0.15, 0.2) is 6.61 Å². The van der Waals surface area contributed by atoms with E-state index in [0.717, 1.165) is 0 Å². The van der Waals surface area contributed by atoms with Crippen LogP contribution in [-0.4, -0.2) is 16.9 Å². The molecule has 0 heterocycles. The first kappa shape index (κ1) is 8.63. The average Bonchev–Trinajstić information content (AvgIpc) is 2.55. The van der Waals surface area contributed by atoms with Crippen molar-refractivity contribution in [2.45, 2.75) is 10.8 Å². The summed E-state index contributed by atoms with van der Waals surface area (Å²) in [6.07, 6.45) is 0.417. The lowest BCUT2D eigenvalue weighted by Crippen LogP contribution is -2.10. The standard InChI is InChI=1S/C6H5Cl2NO2/c7-6(8)3-4(6)5(10)11-2-1-9/h4H,2-3H2. The molecular formula is C6H5Cl2NO2. The SMILES string of the molecule is N#CCOC(=O)C1CC1(Cl)Cl. The van der Waals surface area contributed by atoms with E-state index in [1.165, 1.54) is 0 Å². The first-order chi connectivity index (χ1) is 5.08. The Bertz CT molecular complexity index is 221. The fourth-order valence-corrected chi connectivity index (χ4v) is 1.16. The van der Waals surface area contributed by atoms with E-state index >= 15 is 0 Å². The highest BCUT2D eigenvalue weighted by Crippen LogP contribution is 2.53. The van der Waals surface area contributed by atoms with E-state index in [2.05, 4.69) is 4.74 Å². The Morgan fingerprint density at radius 3 is 2.73 bits per heavy atom. The van der Waals surface area contributed by atoms with E-state index in [4.69, 9.17) is 28.5 Å². The molecule has 0 bridgehead atoms. The van der Waals surface area contributed by atoms with Crippen molar-refractivity contribution in [1.82, 2.24) is 0 Å². The number of nitriles is 1. The summed E-state index contributed by atoms with van der Waals surface area (Å²) in [7, 11) is 0. The number of hydrogen-bond donors (Lipinski definition) is 0. The molecule has 1 aliphatic carbocycles. The Morgan fingerprint density at radius 1 is 1.82 bits per heavy atom. The Morgan fingerprint density at radius 2 is 2.36 bits per heavy atom. The maximum atomic E-state index is 10.8. The lowest BCUT2D eigenvalue weighted by molar-refractivity contribution is -0.143. The summed E-state index contributed by atoms with van der Waals surface area (Å²) in [5, 5.41) is 8.05. The summed E-state index contributed by atoms with van der Waals surface area (Å²) in [5.74, 6) is -0.935. The minimum atomic E-state index is -0.952. The number of ether oxygens (including phenoxy) is 1. The van der Waals surface area contributed by atoms with Crippen molar-refractivity contribution in [3.63, 3.8) is 0 Å². The van der Waals surface area contributed by atoms with Crippen molar-refractivity contribution in [3.8, 4) is 6.07 Å². The molecule has 0 N–H and O–H groups in total. The highest BCUT2D eigenvalue weighted by atomic mass is 35.5. The number of nitrogens with zero attached hydrogens (tertiary/aromatic N) is 1. The van der Waals surface area contributed by atoms with Gasteiger partial charge >= 0.3 is 5.97 Å². The number of carbonyl (C=O) groups is 1. The van der Waals surface area contributed by atoms with Crippen molar-refractivity contribution >= 4 is 29.2 Å². The molecule has 0 spiro atoms. The summed E-state index contributed by atoms with van der Waals surface area (Å²) in [5.41, 5.74) is 0. The van der Waals surface area contributed by atoms with E-state index < -0.39 is 16.2 Å². The lowest BCUT2D eigenvalue weighted by Gasteiger charge is -1.98. The molecule has 0 aliphatic heterocycles. The smallest absolute Gasteiger partial charge is 0.313 e. The second-order valence-electron chi connectivity index (χ2n) is 2.28. The van der Waals surface area contributed by atoms with Gasteiger partial charge in [0.25, 0.3) is 0 Å². The van der Waals surface area contributed by atoms with Crippen LogP contribution in [0.4, 0.5) is 0 Å². The van der Waals surface area contributed by atoms with Gasteiger partial charge < -0.3 is 4.74 Å². The third kappa shape index (κ3) is 1.98. The summed E-state index contributed by atoms with van der Waals surface area (Å²) in [6.45, 7) is -0.237. The number of hydrogen-bond acceptors (Lipinski definition) is 3. The first-order valence-electron chi connectivity index (χ1n) is 2.99. The zero-order valence-electron chi connectivity index (χ0n) is 5.51. The van der Waals surface area contributed by atoms with Crippen LogP contribution in [0.3, 0.4) is 0 Å². The largest absolute Gasteiger partial charge is 0.450 e. The third-order valence-corrected chi connectivity index (χ3v) is 2.22. The summed E-state index contributed by atoms with van der Waals surface area (Å²) >= 11 is 11.1. The second kappa shape index (κ2) is 2.88. The number of rotatable bonds is 2. The molecule has 0 aromatic rings. The molecule has 1 unspecified atom stereocenters. The number of halogens is 2. The van der Waals surface area contributed by atoms with Crippen LogP contribution in [0, 0.1) is 17.2 Å². The summed E-state index contributed by atoms with van der Waals surface area (Å²) in [4.78, 5) is 10.8. The predicted molar refractivity (Wildman–Crippen MR) is 39.1 cm³/mol. The van der Waals surface area contributed by atoms with Gasteiger partial charge in [-0.05, 0) is 6.42 Å². The molecular weight excluding hydrogens is 189 g/mol. The molecule has 1 fully saturated rings. The molecule has 1 aliphatic rings. The topological polar surface area (TPSA) is 50.1 Å². The van der Waals surface area contributed by atoms with Gasteiger partial charge in [0.1, 0.15) is 10.4 Å². The van der Waals surface area contributed by atoms with E-state index in [9.17, 15) is 4.79 Å². The highest BCUT2D eigenvalue weighted by molar-refractivity contribution is 6.52. The number of alkyl halides is 2. The predicted octanol–water partition coefficient (Wildman–Crippen LogP) is 1.25. The second-order valence-corrected chi connectivity index (χ2v) is 3.83. The van der Waals surface area contributed by atoms with Crippen LogP contribution in [-0.2, 0) is 9.53 Å². The molecule has 0 aromatic carbocycles. The normalized spacial score (nSPS) is 25.4. The average molecular weight is 194 g/mol. The quantitative estimate of drug-likeness (QED) is 0.490. The summed E-state index contributed by atoms with van der Waals surface area (Å²) in [6, 6.07) is 1.68. The van der Waals surface area contributed by atoms with E-state index in [1.807, 2.05) is 0 Å². The van der Waals surface area contributed by atoms with Crippen LogP contribution < -0.4 is 0 Å². The molecule has 1 rings (SSSR count). The molecule has 0 saturated heterocycles. The first-order valence-corrected chi connectivity index (χ1v) is 3.75. The van der Waals surface area contributed by atoms with Crippen molar-refractivity contribution in [3.05, 3.63) is 0 Å². The molecule has 3 nitrogen and oxygen atoms in total. The summed E-state index contributed by atoms with van der Waals surface area (Å²) < 4.78 is 3.53. The van der Waals surface area contributed by atoms with Crippen molar-refractivity contribution in [1.29, 1.82) is 5.26 Å². The highest BCUT2D eigenvalue weighted by Gasteiger charge is 2.57. The van der Waals surface area contributed by atoms with Gasteiger partial charge in [-0.2, -0.15) is 5.26 Å². The zero-order chi connectivity index (χ0) is 8.48. The van der Waals surface area contributed by atoms with Crippen molar-refractivity contribution in [2.24, 2.45) is 5.92 Å².